The summed E-state index contributed by atoms with van der Waals surface area (Å²) in [6.07, 6.45) is 0. The first-order chi connectivity index (χ1) is 8.38. The van der Waals surface area contributed by atoms with E-state index < -0.39 is 6.67 Å². The largest absolute Gasteiger partial charge is 0.456 e. The maximum absolute atomic E-state index is 12.9. The van der Waals surface area contributed by atoms with Crippen molar-refractivity contribution in [2.45, 2.75) is 6.67 Å². The highest BCUT2D eigenvalue weighted by Gasteiger charge is 2.09. The van der Waals surface area contributed by atoms with E-state index in [1.807, 2.05) is 48.5 Å². The maximum Gasteiger partial charge on any atom is 0.135 e. The molecule has 0 radical (unpaired) electrons. The van der Waals surface area contributed by atoms with Crippen molar-refractivity contribution < 1.29 is 8.81 Å². The zero-order chi connectivity index (χ0) is 11.7. The van der Waals surface area contributed by atoms with E-state index in [1.54, 1.807) is 6.07 Å². The Kier molecular flexibility index (Phi) is 2.41. The fourth-order valence-electron chi connectivity index (χ4n) is 1.99. The summed E-state index contributed by atoms with van der Waals surface area (Å²) in [5.41, 5.74) is 2.31. The highest BCUT2D eigenvalue weighted by molar-refractivity contribution is 5.83. The molecule has 0 saturated heterocycles. The van der Waals surface area contributed by atoms with Gasteiger partial charge < -0.3 is 4.42 Å². The van der Waals surface area contributed by atoms with Crippen molar-refractivity contribution in [3.8, 4) is 11.3 Å². The molecule has 0 bridgehead atoms. The van der Waals surface area contributed by atoms with Crippen molar-refractivity contribution >= 4 is 11.0 Å². The Labute approximate surface area is 98.5 Å². The molecule has 0 fully saturated rings. The van der Waals surface area contributed by atoms with E-state index >= 15 is 0 Å². The van der Waals surface area contributed by atoms with Gasteiger partial charge in [-0.25, -0.2) is 4.39 Å². The zero-order valence-electron chi connectivity index (χ0n) is 9.19. The fraction of sp³-hybridized carbons (Fsp3) is 0.0667. The molecule has 0 unspecified atom stereocenters. The predicted molar refractivity (Wildman–Crippen MR) is 66.5 cm³/mol. The van der Waals surface area contributed by atoms with Crippen LogP contribution >= 0.6 is 0 Å². The summed E-state index contributed by atoms with van der Waals surface area (Å²) in [4.78, 5) is 0. The van der Waals surface area contributed by atoms with Gasteiger partial charge in [-0.2, -0.15) is 0 Å². The molecule has 1 aromatic heterocycles. The Hall–Kier alpha value is -2.09. The van der Waals surface area contributed by atoms with Gasteiger partial charge in [0.1, 0.15) is 18.0 Å². The van der Waals surface area contributed by atoms with Gasteiger partial charge >= 0.3 is 0 Å². The molecule has 1 nitrogen and oxygen atoms in total. The van der Waals surface area contributed by atoms with E-state index in [2.05, 4.69) is 0 Å². The summed E-state index contributed by atoms with van der Waals surface area (Å²) in [6.45, 7) is -0.479. The van der Waals surface area contributed by atoms with Crippen LogP contribution < -0.4 is 0 Å². The summed E-state index contributed by atoms with van der Waals surface area (Å²) in [7, 11) is 0. The van der Waals surface area contributed by atoms with Gasteiger partial charge in [-0.3, -0.25) is 0 Å². The molecule has 0 atom stereocenters. The van der Waals surface area contributed by atoms with Crippen LogP contribution in [-0.4, -0.2) is 0 Å². The smallest absolute Gasteiger partial charge is 0.135 e. The minimum Gasteiger partial charge on any atom is -0.456 e. The number of hydrogen-bond donors (Lipinski definition) is 0. The van der Waals surface area contributed by atoms with Crippen LogP contribution in [-0.2, 0) is 6.67 Å². The monoisotopic (exact) mass is 226 g/mol. The van der Waals surface area contributed by atoms with Crippen molar-refractivity contribution in [2.75, 3.05) is 0 Å². The summed E-state index contributed by atoms with van der Waals surface area (Å²) in [5, 5.41) is 1.04. The van der Waals surface area contributed by atoms with Crippen LogP contribution in [0.2, 0.25) is 0 Å². The van der Waals surface area contributed by atoms with Gasteiger partial charge in [0.25, 0.3) is 0 Å². The molecule has 0 saturated carbocycles. The second-order valence-corrected chi connectivity index (χ2v) is 3.94. The standard InChI is InChI=1S/C15H11FO/c16-10-12-6-1-3-7-13(12)15-9-11-5-2-4-8-14(11)17-15/h1-9H,10H2. The molecule has 0 spiro atoms. The van der Waals surface area contributed by atoms with E-state index in [0.29, 0.717) is 5.56 Å². The molecule has 3 rings (SSSR count). The number of para-hydroxylation sites is 1. The van der Waals surface area contributed by atoms with Gasteiger partial charge in [0.05, 0.1) is 0 Å². The van der Waals surface area contributed by atoms with Crippen LogP contribution in [0, 0.1) is 0 Å². The Balaban J connectivity index is 2.20. The number of rotatable bonds is 2. The van der Waals surface area contributed by atoms with Gasteiger partial charge in [-0.05, 0) is 17.7 Å². The first kappa shape index (κ1) is 10.1. The van der Waals surface area contributed by atoms with Crippen molar-refractivity contribution in [2.24, 2.45) is 0 Å². The average Bonchev–Trinajstić information content (AvgIpc) is 2.82. The van der Waals surface area contributed by atoms with Crippen LogP contribution in [0.4, 0.5) is 4.39 Å². The van der Waals surface area contributed by atoms with Crippen molar-refractivity contribution in [1.82, 2.24) is 0 Å². The highest BCUT2D eigenvalue weighted by Crippen LogP contribution is 2.30. The van der Waals surface area contributed by atoms with Gasteiger partial charge in [0.15, 0.2) is 0 Å². The average molecular weight is 226 g/mol. The van der Waals surface area contributed by atoms with Crippen LogP contribution in [0.5, 0.6) is 0 Å². The molecule has 0 aliphatic carbocycles. The lowest BCUT2D eigenvalue weighted by Gasteiger charge is -2.01. The number of fused-ring (bicyclic) bond motifs is 1. The number of benzene rings is 2. The molecule has 1 heterocycles. The van der Waals surface area contributed by atoms with Gasteiger partial charge in [-0.1, -0.05) is 42.5 Å². The molecular weight excluding hydrogens is 215 g/mol. The topological polar surface area (TPSA) is 13.1 Å². The summed E-state index contributed by atoms with van der Waals surface area (Å²) in [6, 6.07) is 17.1. The second-order valence-electron chi connectivity index (χ2n) is 3.94. The number of furan rings is 1. The lowest BCUT2D eigenvalue weighted by molar-refractivity contribution is 0.485. The van der Waals surface area contributed by atoms with Crippen LogP contribution in [0.15, 0.2) is 59.0 Å². The molecule has 0 aliphatic rings. The zero-order valence-corrected chi connectivity index (χ0v) is 9.19. The third kappa shape index (κ3) is 1.72. The minimum atomic E-state index is -0.479. The molecule has 0 N–H and O–H groups in total. The van der Waals surface area contributed by atoms with Crippen LogP contribution in [0.1, 0.15) is 5.56 Å². The molecular formula is C15H11FO. The van der Waals surface area contributed by atoms with E-state index in [9.17, 15) is 4.39 Å². The predicted octanol–water partition coefficient (Wildman–Crippen LogP) is 4.57. The van der Waals surface area contributed by atoms with Crippen LogP contribution in [0.25, 0.3) is 22.3 Å². The molecule has 0 amide bonds. The van der Waals surface area contributed by atoms with Crippen molar-refractivity contribution in [3.63, 3.8) is 0 Å². The van der Waals surface area contributed by atoms with E-state index in [1.165, 1.54) is 0 Å². The maximum atomic E-state index is 12.9. The molecule has 3 aromatic rings. The van der Waals surface area contributed by atoms with Crippen LogP contribution in [0.3, 0.4) is 0 Å². The summed E-state index contributed by atoms with van der Waals surface area (Å²) < 4.78 is 18.6. The quantitative estimate of drug-likeness (QED) is 0.623. The van der Waals surface area contributed by atoms with Crippen molar-refractivity contribution in [3.05, 3.63) is 60.2 Å². The number of halogens is 1. The lowest BCUT2D eigenvalue weighted by atomic mass is 10.1. The first-order valence-electron chi connectivity index (χ1n) is 5.51. The van der Waals surface area contributed by atoms with Gasteiger partial charge in [0, 0.05) is 10.9 Å². The minimum absolute atomic E-state index is 0.479. The Bertz CT molecular complexity index is 622. The Morgan fingerprint density at radius 1 is 0.941 bits per heavy atom. The fourth-order valence-corrected chi connectivity index (χ4v) is 1.99. The van der Waals surface area contributed by atoms with E-state index in [0.717, 1.165) is 22.3 Å². The summed E-state index contributed by atoms with van der Waals surface area (Å²) >= 11 is 0. The SMILES string of the molecule is FCc1ccccc1-c1cc2ccccc2o1. The molecule has 17 heavy (non-hydrogen) atoms. The van der Waals surface area contributed by atoms with Crippen molar-refractivity contribution in [1.29, 1.82) is 0 Å². The third-order valence-electron chi connectivity index (χ3n) is 2.85. The molecule has 0 aliphatic heterocycles. The Morgan fingerprint density at radius 3 is 2.53 bits per heavy atom. The Morgan fingerprint density at radius 2 is 1.71 bits per heavy atom. The third-order valence-corrected chi connectivity index (χ3v) is 2.85. The molecule has 2 heteroatoms. The normalized spacial score (nSPS) is 10.9. The highest BCUT2D eigenvalue weighted by atomic mass is 19.1. The van der Waals surface area contributed by atoms with Gasteiger partial charge in [-0.15, -0.1) is 0 Å². The van der Waals surface area contributed by atoms with Gasteiger partial charge in [0.2, 0.25) is 0 Å². The molecule has 84 valence electrons. The van der Waals surface area contributed by atoms with E-state index in [-0.39, 0.29) is 0 Å². The number of hydrogen-bond acceptors (Lipinski definition) is 1. The second kappa shape index (κ2) is 4.06. The summed E-state index contributed by atoms with van der Waals surface area (Å²) in [5.74, 6) is 0.722. The lowest BCUT2D eigenvalue weighted by Crippen LogP contribution is -1.83. The number of alkyl halides is 1. The first-order valence-corrected chi connectivity index (χ1v) is 5.51. The molecule has 2 aromatic carbocycles. The van der Waals surface area contributed by atoms with E-state index in [4.69, 9.17) is 4.42 Å².